The van der Waals surface area contributed by atoms with Gasteiger partial charge in [-0.1, -0.05) is 6.07 Å². The average molecular weight is 181 g/mol. The van der Waals surface area contributed by atoms with E-state index in [9.17, 15) is 0 Å². The molecular weight excluding hydrogens is 166 g/mol. The molecule has 13 heavy (non-hydrogen) atoms. The Kier molecular flexibility index (Phi) is 4.26. The smallest absolute Gasteiger partial charge is 0.213 e. The van der Waals surface area contributed by atoms with Crippen molar-refractivity contribution in [3.8, 4) is 5.88 Å². The third-order valence-electron chi connectivity index (χ3n) is 1.57. The molecule has 0 fully saturated rings. The second kappa shape index (κ2) is 5.54. The molecule has 1 aromatic rings. The Morgan fingerprint density at radius 2 is 2.15 bits per heavy atom. The van der Waals surface area contributed by atoms with E-state index in [-0.39, 0.29) is 0 Å². The lowest BCUT2D eigenvalue weighted by atomic mass is 10.3. The Hall–Kier alpha value is -1.09. The van der Waals surface area contributed by atoms with Gasteiger partial charge in [0, 0.05) is 18.9 Å². The quantitative estimate of drug-likeness (QED) is 0.649. The summed E-state index contributed by atoms with van der Waals surface area (Å²) >= 11 is 0. The van der Waals surface area contributed by atoms with Crippen LogP contribution in [0, 0.1) is 6.92 Å². The molecule has 0 atom stereocenters. The summed E-state index contributed by atoms with van der Waals surface area (Å²) in [6.45, 7) is 5.86. The van der Waals surface area contributed by atoms with E-state index in [2.05, 4.69) is 4.98 Å². The number of ether oxygens (including phenoxy) is 2. The van der Waals surface area contributed by atoms with Crippen molar-refractivity contribution in [1.29, 1.82) is 0 Å². The second-order valence-corrected chi connectivity index (χ2v) is 2.72. The van der Waals surface area contributed by atoms with E-state index >= 15 is 0 Å². The highest BCUT2D eigenvalue weighted by Gasteiger charge is 1.93. The van der Waals surface area contributed by atoms with Crippen molar-refractivity contribution in [2.24, 2.45) is 0 Å². The number of aromatic nitrogens is 1. The maximum absolute atomic E-state index is 5.33. The first-order valence-corrected chi connectivity index (χ1v) is 4.46. The molecule has 0 bridgehead atoms. The zero-order valence-corrected chi connectivity index (χ0v) is 8.12. The molecule has 0 amide bonds. The fourth-order valence-electron chi connectivity index (χ4n) is 0.889. The first kappa shape index (κ1) is 9.99. The topological polar surface area (TPSA) is 31.4 Å². The van der Waals surface area contributed by atoms with E-state index in [1.807, 2.05) is 26.0 Å². The molecule has 0 spiro atoms. The Balaban J connectivity index is 2.25. The molecule has 0 saturated carbocycles. The van der Waals surface area contributed by atoms with Gasteiger partial charge in [0.15, 0.2) is 0 Å². The Morgan fingerprint density at radius 3 is 2.77 bits per heavy atom. The van der Waals surface area contributed by atoms with Crippen LogP contribution in [0.2, 0.25) is 0 Å². The molecule has 3 heteroatoms. The average Bonchev–Trinajstić information content (AvgIpc) is 2.15. The Bertz CT molecular complexity index is 233. The van der Waals surface area contributed by atoms with Gasteiger partial charge in [-0.3, -0.25) is 0 Å². The second-order valence-electron chi connectivity index (χ2n) is 2.72. The first-order chi connectivity index (χ1) is 6.33. The SMILES string of the molecule is CCOCCOc1ccc(C)cn1. The van der Waals surface area contributed by atoms with Crippen LogP contribution >= 0.6 is 0 Å². The Labute approximate surface area is 78.7 Å². The number of hydrogen-bond acceptors (Lipinski definition) is 3. The van der Waals surface area contributed by atoms with Crippen LogP contribution in [0.25, 0.3) is 0 Å². The van der Waals surface area contributed by atoms with Gasteiger partial charge in [-0.15, -0.1) is 0 Å². The van der Waals surface area contributed by atoms with Gasteiger partial charge in [-0.05, 0) is 19.4 Å². The number of pyridine rings is 1. The molecule has 0 radical (unpaired) electrons. The van der Waals surface area contributed by atoms with Crippen LogP contribution < -0.4 is 4.74 Å². The molecule has 0 saturated heterocycles. The zero-order valence-electron chi connectivity index (χ0n) is 8.12. The van der Waals surface area contributed by atoms with E-state index < -0.39 is 0 Å². The predicted octanol–water partition coefficient (Wildman–Crippen LogP) is 1.81. The standard InChI is InChI=1S/C10H15NO2/c1-3-12-6-7-13-10-5-4-9(2)8-11-10/h4-5,8H,3,6-7H2,1-2H3. The minimum absolute atomic E-state index is 0.559. The lowest BCUT2D eigenvalue weighted by Crippen LogP contribution is -2.06. The third kappa shape index (κ3) is 3.90. The fraction of sp³-hybridized carbons (Fsp3) is 0.500. The van der Waals surface area contributed by atoms with Gasteiger partial charge in [-0.25, -0.2) is 4.98 Å². The number of rotatable bonds is 5. The van der Waals surface area contributed by atoms with Gasteiger partial charge < -0.3 is 9.47 Å². The summed E-state index contributed by atoms with van der Waals surface area (Å²) in [4.78, 5) is 4.10. The van der Waals surface area contributed by atoms with Gasteiger partial charge in [0.05, 0.1) is 6.61 Å². The van der Waals surface area contributed by atoms with Crippen molar-refractivity contribution in [3.63, 3.8) is 0 Å². The fourth-order valence-corrected chi connectivity index (χ4v) is 0.889. The highest BCUT2D eigenvalue weighted by molar-refractivity contribution is 5.16. The van der Waals surface area contributed by atoms with Crippen molar-refractivity contribution in [3.05, 3.63) is 23.9 Å². The normalized spacial score (nSPS) is 10.0. The molecule has 1 heterocycles. The van der Waals surface area contributed by atoms with E-state index in [1.165, 1.54) is 0 Å². The number of aryl methyl sites for hydroxylation is 1. The maximum atomic E-state index is 5.33. The lowest BCUT2D eigenvalue weighted by molar-refractivity contribution is 0.108. The lowest BCUT2D eigenvalue weighted by Gasteiger charge is -2.04. The van der Waals surface area contributed by atoms with Crippen LogP contribution in [-0.4, -0.2) is 24.8 Å². The first-order valence-electron chi connectivity index (χ1n) is 4.46. The molecule has 1 aromatic heterocycles. The summed E-state index contributed by atoms with van der Waals surface area (Å²) in [6.07, 6.45) is 1.79. The van der Waals surface area contributed by atoms with Gasteiger partial charge in [0.2, 0.25) is 5.88 Å². The van der Waals surface area contributed by atoms with Crippen LogP contribution in [-0.2, 0) is 4.74 Å². The van der Waals surface area contributed by atoms with E-state index in [0.29, 0.717) is 19.1 Å². The summed E-state index contributed by atoms with van der Waals surface area (Å²) in [6, 6.07) is 3.84. The molecule has 0 unspecified atom stereocenters. The molecule has 72 valence electrons. The largest absolute Gasteiger partial charge is 0.475 e. The maximum Gasteiger partial charge on any atom is 0.213 e. The van der Waals surface area contributed by atoms with Gasteiger partial charge >= 0.3 is 0 Å². The molecule has 0 aliphatic carbocycles. The van der Waals surface area contributed by atoms with Crippen LogP contribution in [0.3, 0.4) is 0 Å². The molecule has 3 nitrogen and oxygen atoms in total. The third-order valence-corrected chi connectivity index (χ3v) is 1.57. The minimum Gasteiger partial charge on any atom is -0.475 e. The van der Waals surface area contributed by atoms with Gasteiger partial charge in [0.25, 0.3) is 0 Å². The number of nitrogens with zero attached hydrogens (tertiary/aromatic N) is 1. The minimum atomic E-state index is 0.559. The zero-order chi connectivity index (χ0) is 9.52. The van der Waals surface area contributed by atoms with Crippen molar-refractivity contribution < 1.29 is 9.47 Å². The van der Waals surface area contributed by atoms with Gasteiger partial charge in [-0.2, -0.15) is 0 Å². The summed E-state index contributed by atoms with van der Waals surface area (Å²) in [5.74, 6) is 0.658. The predicted molar refractivity (Wildman–Crippen MR) is 51.0 cm³/mol. The highest BCUT2D eigenvalue weighted by Crippen LogP contribution is 2.05. The highest BCUT2D eigenvalue weighted by atomic mass is 16.5. The molecule has 0 aliphatic heterocycles. The molecule has 0 aromatic carbocycles. The summed E-state index contributed by atoms with van der Waals surface area (Å²) in [5, 5.41) is 0. The van der Waals surface area contributed by atoms with E-state index in [1.54, 1.807) is 6.20 Å². The monoisotopic (exact) mass is 181 g/mol. The van der Waals surface area contributed by atoms with Crippen LogP contribution in [0.15, 0.2) is 18.3 Å². The van der Waals surface area contributed by atoms with Crippen LogP contribution in [0.4, 0.5) is 0 Å². The summed E-state index contributed by atoms with van der Waals surface area (Å²) in [7, 11) is 0. The van der Waals surface area contributed by atoms with E-state index in [4.69, 9.17) is 9.47 Å². The molecule has 0 N–H and O–H groups in total. The van der Waals surface area contributed by atoms with Crippen LogP contribution in [0.1, 0.15) is 12.5 Å². The van der Waals surface area contributed by atoms with Crippen molar-refractivity contribution in [2.45, 2.75) is 13.8 Å². The van der Waals surface area contributed by atoms with Crippen molar-refractivity contribution >= 4 is 0 Å². The molecular formula is C10H15NO2. The molecule has 0 aliphatic rings. The van der Waals surface area contributed by atoms with Gasteiger partial charge in [0.1, 0.15) is 6.61 Å². The Morgan fingerprint density at radius 1 is 1.31 bits per heavy atom. The van der Waals surface area contributed by atoms with Crippen molar-refractivity contribution in [2.75, 3.05) is 19.8 Å². The van der Waals surface area contributed by atoms with E-state index in [0.717, 1.165) is 12.2 Å². The molecule has 1 rings (SSSR count). The van der Waals surface area contributed by atoms with Crippen molar-refractivity contribution in [1.82, 2.24) is 4.98 Å². The van der Waals surface area contributed by atoms with Crippen LogP contribution in [0.5, 0.6) is 5.88 Å². The summed E-state index contributed by atoms with van der Waals surface area (Å²) in [5.41, 5.74) is 1.14. The number of hydrogen-bond donors (Lipinski definition) is 0. The summed E-state index contributed by atoms with van der Waals surface area (Å²) < 4.78 is 10.5.